The average Bonchev–Trinajstić information content (AvgIpc) is 2.96. The second kappa shape index (κ2) is 9.36. The van der Waals surface area contributed by atoms with E-state index in [1.54, 1.807) is 6.07 Å². The summed E-state index contributed by atoms with van der Waals surface area (Å²) in [6.07, 6.45) is -8.45. The van der Waals surface area contributed by atoms with Crippen molar-refractivity contribution in [3.05, 3.63) is 77.0 Å². The Bertz CT molecular complexity index is 1240. The maximum atomic E-state index is 13.3. The largest absolute Gasteiger partial charge is 0.467 e. The molecule has 2 heterocycles. The molecule has 0 atom stereocenters. The molecule has 2 aromatic carbocycles. The van der Waals surface area contributed by atoms with Crippen molar-refractivity contribution in [1.82, 2.24) is 9.88 Å². The highest BCUT2D eigenvalue weighted by molar-refractivity contribution is 5.80. The van der Waals surface area contributed by atoms with Crippen molar-refractivity contribution >= 4 is 11.6 Å². The second-order valence-corrected chi connectivity index (χ2v) is 8.54. The number of ether oxygens (including phenoxy) is 1. The lowest BCUT2D eigenvalue weighted by Gasteiger charge is -2.23. The summed E-state index contributed by atoms with van der Waals surface area (Å²) in [5.41, 5.74) is -0.236. The number of benzene rings is 2. The first kappa shape index (κ1) is 25.3. The first-order chi connectivity index (χ1) is 16.8. The summed E-state index contributed by atoms with van der Waals surface area (Å²) in [6, 6.07) is 10.5. The van der Waals surface area contributed by atoms with Gasteiger partial charge in [0, 0.05) is 38.1 Å². The minimum absolute atomic E-state index is 0.0611. The number of hydrogen-bond donors (Lipinski definition) is 0. The van der Waals surface area contributed by atoms with Crippen LogP contribution in [0.5, 0.6) is 5.88 Å². The molecule has 1 aliphatic heterocycles. The van der Waals surface area contributed by atoms with Crippen LogP contribution in [0.2, 0.25) is 0 Å². The molecule has 11 heteroatoms. The Hall–Kier alpha value is -3.76. The fourth-order valence-corrected chi connectivity index (χ4v) is 3.94. The van der Waals surface area contributed by atoms with Crippen LogP contribution in [0.1, 0.15) is 22.3 Å². The molecule has 4 rings (SSSR count). The van der Waals surface area contributed by atoms with Crippen molar-refractivity contribution in [2.24, 2.45) is 0 Å². The van der Waals surface area contributed by atoms with E-state index in [-0.39, 0.29) is 24.1 Å². The molecule has 1 amide bonds. The van der Waals surface area contributed by atoms with Crippen LogP contribution in [-0.2, 0) is 30.2 Å². The summed E-state index contributed by atoms with van der Waals surface area (Å²) < 4.78 is 85.3. The van der Waals surface area contributed by atoms with Gasteiger partial charge >= 0.3 is 12.4 Å². The van der Waals surface area contributed by atoms with Crippen LogP contribution in [0.3, 0.4) is 0 Å². The fourth-order valence-electron chi connectivity index (χ4n) is 3.94. The molecule has 36 heavy (non-hydrogen) atoms. The van der Waals surface area contributed by atoms with Crippen LogP contribution in [0.4, 0.5) is 32.0 Å². The van der Waals surface area contributed by atoms with Crippen molar-refractivity contribution in [2.75, 3.05) is 25.6 Å². The van der Waals surface area contributed by atoms with Crippen molar-refractivity contribution < 1.29 is 35.9 Å². The van der Waals surface area contributed by atoms with E-state index >= 15 is 0 Å². The molecule has 190 valence electrons. The Labute approximate surface area is 202 Å². The van der Waals surface area contributed by atoms with Gasteiger partial charge in [0.05, 0.1) is 17.7 Å². The van der Waals surface area contributed by atoms with Gasteiger partial charge in [0.1, 0.15) is 0 Å². The van der Waals surface area contributed by atoms with Crippen LogP contribution in [-0.4, -0.2) is 36.5 Å². The number of nitrogens with zero attached hydrogens (tertiary/aromatic N) is 3. The topological polar surface area (TPSA) is 45.7 Å². The summed E-state index contributed by atoms with van der Waals surface area (Å²) >= 11 is 0. The third-order valence-corrected chi connectivity index (χ3v) is 5.77. The minimum atomic E-state index is -4.98. The fraction of sp³-hybridized carbons (Fsp3) is 0.280. The molecule has 0 spiro atoms. The first-order valence-corrected chi connectivity index (χ1v) is 10.8. The second-order valence-electron chi connectivity index (χ2n) is 8.54. The third kappa shape index (κ3) is 5.39. The molecule has 1 aromatic heterocycles. The zero-order valence-corrected chi connectivity index (χ0v) is 19.2. The maximum Gasteiger partial charge on any atom is 0.416 e. The van der Waals surface area contributed by atoms with Gasteiger partial charge in [0.2, 0.25) is 5.88 Å². The summed E-state index contributed by atoms with van der Waals surface area (Å²) in [5.74, 6) is -0.409. The SMILES string of the molecule is CN(C)c1ccc(-c2ccnc3c2CN(Cc2cc(C(F)(F)F)cc(C(F)(F)F)c2)C(=O)CO3)cc1. The normalized spacial score (nSPS) is 14.2. The Kier molecular flexibility index (Phi) is 6.59. The van der Waals surface area contributed by atoms with E-state index in [9.17, 15) is 31.1 Å². The van der Waals surface area contributed by atoms with Crippen LogP contribution in [0.25, 0.3) is 11.1 Å². The number of carbonyl (C=O) groups is 1. The molecular weight excluding hydrogens is 488 g/mol. The number of pyridine rings is 1. The predicted molar refractivity (Wildman–Crippen MR) is 120 cm³/mol. The van der Waals surface area contributed by atoms with Gasteiger partial charge in [-0.2, -0.15) is 26.3 Å². The predicted octanol–water partition coefficient (Wildman–Crippen LogP) is 5.77. The monoisotopic (exact) mass is 509 g/mol. The standard InChI is InChI=1S/C25H21F6N3O2/c1-33(2)19-5-3-16(4-6-19)20-7-8-32-23-21(20)13-34(22(35)14-36-23)12-15-9-17(24(26,27)28)11-18(10-15)25(29,30)31/h3-11H,12-14H2,1-2H3. The van der Waals surface area contributed by atoms with Gasteiger partial charge in [-0.15, -0.1) is 0 Å². The number of hydrogen-bond acceptors (Lipinski definition) is 4. The van der Waals surface area contributed by atoms with Gasteiger partial charge in [0.25, 0.3) is 5.91 Å². The van der Waals surface area contributed by atoms with Crippen molar-refractivity contribution in [1.29, 1.82) is 0 Å². The Balaban J connectivity index is 1.71. The Morgan fingerprint density at radius 2 is 1.56 bits per heavy atom. The third-order valence-electron chi connectivity index (χ3n) is 5.77. The van der Waals surface area contributed by atoms with Crippen molar-refractivity contribution in [3.63, 3.8) is 0 Å². The van der Waals surface area contributed by atoms with E-state index in [1.165, 1.54) is 11.1 Å². The minimum Gasteiger partial charge on any atom is -0.467 e. The lowest BCUT2D eigenvalue weighted by atomic mass is 10.00. The van der Waals surface area contributed by atoms with Crippen molar-refractivity contribution in [2.45, 2.75) is 25.4 Å². The molecule has 0 unspecified atom stereocenters. The maximum absolute atomic E-state index is 13.3. The molecule has 5 nitrogen and oxygen atoms in total. The number of fused-ring (bicyclic) bond motifs is 1. The van der Waals surface area contributed by atoms with Gasteiger partial charge in [-0.05, 0) is 53.1 Å². The van der Waals surface area contributed by atoms with Gasteiger partial charge in [-0.3, -0.25) is 4.79 Å². The summed E-state index contributed by atoms with van der Waals surface area (Å²) in [5, 5.41) is 0. The van der Waals surface area contributed by atoms with Gasteiger partial charge in [0.15, 0.2) is 6.61 Å². The number of aromatic nitrogens is 1. The molecular formula is C25H21F6N3O2. The average molecular weight is 509 g/mol. The molecule has 0 aliphatic carbocycles. The Morgan fingerprint density at radius 1 is 0.944 bits per heavy atom. The molecule has 0 bridgehead atoms. The first-order valence-electron chi connectivity index (χ1n) is 10.8. The summed E-state index contributed by atoms with van der Waals surface area (Å²) in [7, 11) is 3.78. The molecule has 0 radical (unpaired) electrons. The zero-order chi connectivity index (χ0) is 26.3. The van der Waals surface area contributed by atoms with Crippen LogP contribution < -0.4 is 9.64 Å². The van der Waals surface area contributed by atoms with E-state index in [4.69, 9.17) is 4.74 Å². The smallest absolute Gasteiger partial charge is 0.416 e. The number of carbonyl (C=O) groups excluding carboxylic acids is 1. The van der Waals surface area contributed by atoms with Gasteiger partial charge in [-0.25, -0.2) is 4.98 Å². The molecule has 0 saturated heterocycles. The number of halogens is 6. The van der Waals surface area contributed by atoms with E-state index in [0.717, 1.165) is 11.3 Å². The van der Waals surface area contributed by atoms with Crippen LogP contribution >= 0.6 is 0 Å². The summed E-state index contributed by atoms with van der Waals surface area (Å²) in [6.45, 7) is -1.03. The highest BCUT2D eigenvalue weighted by Crippen LogP contribution is 2.37. The lowest BCUT2D eigenvalue weighted by molar-refractivity contribution is -0.143. The molecule has 0 saturated carbocycles. The van der Waals surface area contributed by atoms with E-state index < -0.39 is 42.5 Å². The van der Waals surface area contributed by atoms with E-state index in [1.807, 2.05) is 43.3 Å². The van der Waals surface area contributed by atoms with Gasteiger partial charge in [-0.1, -0.05) is 12.1 Å². The van der Waals surface area contributed by atoms with Crippen LogP contribution in [0, 0.1) is 0 Å². The number of amides is 1. The Morgan fingerprint density at radius 3 is 2.11 bits per heavy atom. The number of alkyl halides is 6. The molecule has 0 N–H and O–H groups in total. The van der Waals surface area contributed by atoms with Crippen LogP contribution in [0.15, 0.2) is 54.7 Å². The summed E-state index contributed by atoms with van der Waals surface area (Å²) in [4.78, 5) is 20.0. The molecule has 1 aliphatic rings. The highest BCUT2D eigenvalue weighted by Gasteiger charge is 2.37. The van der Waals surface area contributed by atoms with E-state index in [2.05, 4.69) is 4.98 Å². The molecule has 0 fully saturated rings. The highest BCUT2D eigenvalue weighted by atomic mass is 19.4. The van der Waals surface area contributed by atoms with Crippen molar-refractivity contribution in [3.8, 4) is 17.0 Å². The number of anilines is 1. The zero-order valence-electron chi connectivity index (χ0n) is 19.2. The van der Waals surface area contributed by atoms with E-state index in [0.29, 0.717) is 23.3 Å². The number of rotatable bonds is 4. The molecule has 3 aromatic rings. The van der Waals surface area contributed by atoms with Gasteiger partial charge < -0.3 is 14.5 Å². The quantitative estimate of drug-likeness (QED) is 0.419. The lowest BCUT2D eigenvalue weighted by Crippen LogP contribution is -2.32.